The molecule has 1 aromatic carbocycles. The molecule has 3 rings (SSSR count). The molecule has 1 aromatic heterocycles. The summed E-state index contributed by atoms with van der Waals surface area (Å²) in [5, 5.41) is 4.40. The summed E-state index contributed by atoms with van der Waals surface area (Å²) in [5.41, 5.74) is 1.21. The van der Waals surface area contributed by atoms with Gasteiger partial charge in [-0.05, 0) is 13.0 Å². The summed E-state index contributed by atoms with van der Waals surface area (Å²) in [4.78, 5) is 15.7. The average Bonchev–Trinajstić information content (AvgIpc) is 2.95. The molecule has 26 heavy (non-hydrogen) atoms. The maximum absolute atomic E-state index is 12.9. The Labute approximate surface area is 153 Å². The summed E-state index contributed by atoms with van der Waals surface area (Å²) in [6, 6.07) is 6.96. The third kappa shape index (κ3) is 4.02. The first kappa shape index (κ1) is 18.7. The predicted octanol–water partition coefficient (Wildman–Crippen LogP) is 3.62. The van der Waals surface area contributed by atoms with Crippen molar-refractivity contribution >= 4 is 17.5 Å². The molecule has 2 aromatic rings. The summed E-state index contributed by atoms with van der Waals surface area (Å²) >= 11 is 6.19. The van der Waals surface area contributed by atoms with Crippen LogP contribution >= 0.6 is 11.6 Å². The Morgan fingerprint density at radius 3 is 2.50 bits per heavy atom. The van der Waals surface area contributed by atoms with Crippen LogP contribution in [0.2, 0.25) is 5.02 Å². The number of hydrogen-bond donors (Lipinski definition) is 0. The molecule has 1 fully saturated rings. The zero-order chi connectivity index (χ0) is 18.9. The van der Waals surface area contributed by atoms with Crippen molar-refractivity contribution in [1.29, 1.82) is 0 Å². The van der Waals surface area contributed by atoms with Crippen molar-refractivity contribution < 1.29 is 22.5 Å². The van der Waals surface area contributed by atoms with Crippen molar-refractivity contribution in [1.82, 2.24) is 15.0 Å². The van der Waals surface area contributed by atoms with Crippen LogP contribution in [0.3, 0.4) is 0 Å². The van der Waals surface area contributed by atoms with E-state index in [0.717, 1.165) is 0 Å². The van der Waals surface area contributed by atoms with E-state index in [1.807, 2.05) is 0 Å². The van der Waals surface area contributed by atoms with Gasteiger partial charge in [0.1, 0.15) is 17.0 Å². The van der Waals surface area contributed by atoms with Gasteiger partial charge < -0.3 is 9.42 Å². The van der Waals surface area contributed by atoms with Crippen molar-refractivity contribution in [3.8, 4) is 11.3 Å². The van der Waals surface area contributed by atoms with Crippen LogP contribution in [0.25, 0.3) is 11.3 Å². The lowest BCUT2D eigenvalue weighted by atomic mass is 10.0. The van der Waals surface area contributed by atoms with Gasteiger partial charge >= 0.3 is 6.18 Å². The van der Waals surface area contributed by atoms with Crippen LogP contribution in [-0.2, 0) is 0 Å². The summed E-state index contributed by atoms with van der Waals surface area (Å²) < 4.78 is 42.7. The number of nitrogens with zero attached hydrogens (tertiary/aromatic N) is 3. The molecule has 0 atom stereocenters. The van der Waals surface area contributed by atoms with Crippen LogP contribution in [0.15, 0.2) is 28.8 Å². The molecule has 1 amide bonds. The largest absolute Gasteiger partial charge is 0.401 e. The number of amides is 1. The molecule has 0 aliphatic carbocycles. The first-order chi connectivity index (χ1) is 12.3. The van der Waals surface area contributed by atoms with E-state index >= 15 is 0 Å². The highest BCUT2D eigenvalue weighted by Crippen LogP contribution is 2.32. The van der Waals surface area contributed by atoms with Gasteiger partial charge in [-0.1, -0.05) is 35.0 Å². The van der Waals surface area contributed by atoms with Crippen LogP contribution in [0.1, 0.15) is 16.1 Å². The molecular formula is C17H17ClF3N3O2. The molecule has 1 saturated heterocycles. The van der Waals surface area contributed by atoms with Crippen molar-refractivity contribution in [2.75, 3.05) is 32.7 Å². The van der Waals surface area contributed by atoms with Crippen molar-refractivity contribution in [2.24, 2.45) is 0 Å². The van der Waals surface area contributed by atoms with Crippen LogP contribution in [0.4, 0.5) is 13.2 Å². The topological polar surface area (TPSA) is 49.6 Å². The summed E-state index contributed by atoms with van der Waals surface area (Å²) in [6.07, 6.45) is -4.24. The van der Waals surface area contributed by atoms with Crippen LogP contribution in [0.5, 0.6) is 0 Å². The highest BCUT2D eigenvalue weighted by molar-refractivity contribution is 6.33. The van der Waals surface area contributed by atoms with Crippen LogP contribution < -0.4 is 0 Å². The molecule has 0 N–H and O–H groups in total. The molecule has 0 radical (unpaired) electrons. The number of aryl methyl sites for hydroxylation is 1. The standard InChI is InChI=1S/C17H17ClF3N3O2/c1-11-14(15(22-26-11)12-4-2-3-5-13(12)18)16(25)24-8-6-23(7-9-24)10-17(19,20)21/h2-5H,6-10H2,1H3. The second-order valence-corrected chi connectivity index (χ2v) is 6.53. The van der Waals surface area contributed by atoms with E-state index in [0.29, 0.717) is 27.6 Å². The fourth-order valence-electron chi connectivity index (χ4n) is 2.98. The minimum atomic E-state index is -4.24. The maximum atomic E-state index is 12.9. The second-order valence-electron chi connectivity index (χ2n) is 6.13. The third-order valence-electron chi connectivity index (χ3n) is 4.27. The van der Waals surface area contributed by atoms with Crippen LogP contribution in [0, 0.1) is 6.92 Å². The molecule has 9 heteroatoms. The average molecular weight is 388 g/mol. The fourth-order valence-corrected chi connectivity index (χ4v) is 3.21. The maximum Gasteiger partial charge on any atom is 0.401 e. The lowest BCUT2D eigenvalue weighted by molar-refractivity contribution is -0.148. The molecule has 0 spiro atoms. The quantitative estimate of drug-likeness (QED) is 0.807. The first-order valence-electron chi connectivity index (χ1n) is 8.06. The molecule has 1 aliphatic rings. The monoisotopic (exact) mass is 387 g/mol. The van der Waals surface area contributed by atoms with Crippen molar-refractivity contribution in [3.05, 3.63) is 40.6 Å². The SMILES string of the molecule is Cc1onc(-c2ccccc2Cl)c1C(=O)N1CCN(CC(F)(F)F)CC1. The minimum absolute atomic E-state index is 0.164. The van der Waals surface area contributed by atoms with Crippen LogP contribution in [-0.4, -0.2) is 59.8 Å². The van der Waals surface area contributed by atoms with Gasteiger partial charge in [0.05, 0.1) is 11.6 Å². The number of aromatic nitrogens is 1. The van der Waals surface area contributed by atoms with Gasteiger partial charge in [-0.25, -0.2) is 0 Å². The number of rotatable bonds is 3. The van der Waals surface area contributed by atoms with Gasteiger partial charge in [0, 0.05) is 31.7 Å². The zero-order valence-electron chi connectivity index (χ0n) is 14.0. The van der Waals surface area contributed by atoms with E-state index in [4.69, 9.17) is 16.1 Å². The van der Waals surface area contributed by atoms with Gasteiger partial charge in [0.2, 0.25) is 0 Å². The Bertz CT molecular complexity index is 799. The molecule has 0 unspecified atom stereocenters. The van der Waals surface area contributed by atoms with Gasteiger partial charge in [0.15, 0.2) is 0 Å². The van der Waals surface area contributed by atoms with Gasteiger partial charge in [-0.3, -0.25) is 9.69 Å². The van der Waals surface area contributed by atoms with E-state index < -0.39 is 12.7 Å². The molecule has 0 bridgehead atoms. The molecule has 2 heterocycles. The summed E-state index contributed by atoms with van der Waals surface area (Å²) in [7, 11) is 0. The first-order valence-corrected chi connectivity index (χ1v) is 8.43. The number of halogens is 4. The predicted molar refractivity (Wildman–Crippen MR) is 90.1 cm³/mol. The summed E-state index contributed by atoms with van der Waals surface area (Å²) in [5.74, 6) is 0.0352. The minimum Gasteiger partial charge on any atom is -0.360 e. The Morgan fingerprint density at radius 2 is 1.88 bits per heavy atom. The third-order valence-corrected chi connectivity index (χ3v) is 4.60. The van der Waals surface area contributed by atoms with Gasteiger partial charge in [-0.15, -0.1) is 0 Å². The van der Waals surface area contributed by atoms with E-state index in [1.165, 1.54) is 9.80 Å². The molecule has 5 nitrogen and oxygen atoms in total. The van der Waals surface area contributed by atoms with E-state index in [1.54, 1.807) is 31.2 Å². The smallest absolute Gasteiger partial charge is 0.360 e. The highest BCUT2D eigenvalue weighted by atomic mass is 35.5. The number of benzene rings is 1. The van der Waals surface area contributed by atoms with Gasteiger partial charge in [0.25, 0.3) is 5.91 Å². The number of carbonyl (C=O) groups is 1. The fraction of sp³-hybridized carbons (Fsp3) is 0.412. The Hall–Kier alpha value is -2.06. The molecule has 1 aliphatic heterocycles. The number of piperazine rings is 1. The highest BCUT2D eigenvalue weighted by Gasteiger charge is 2.34. The number of carbonyl (C=O) groups excluding carboxylic acids is 1. The Morgan fingerprint density at radius 1 is 1.23 bits per heavy atom. The normalized spacial score (nSPS) is 16.1. The van der Waals surface area contributed by atoms with E-state index in [2.05, 4.69) is 5.16 Å². The van der Waals surface area contributed by atoms with E-state index in [-0.39, 0.29) is 32.1 Å². The molecule has 0 saturated carbocycles. The Balaban J connectivity index is 1.78. The molecule has 140 valence electrons. The summed E-state index contributed by atoms with van der Waals surface area (Å²) in [6.45, 7) is 1.41. The lowest BCUT2D eigenvalue weighted by Crippen LogP contribution is -2.51. The van der Waals surface area contributed by atoms with E-state index in [9.17, 15) is 18.0 Å². The zero-order valence-corrected chi connectivity index (χ0v) is 14.8. The lowest BCUT2D eigenvalue weighted by Gasteiger charge is -2.35. The molecular weight excluding hydrogens is 371 g/mol. The van der Waals surface area contributed by atoms with Crippen molar-refractivity contribution in [3.63, 3.8) is 0 Å². The number of hydrogen-bond acceptors (Lipinski definition) is 4. The van der Waals surface area contributed by atoms with Gasteiger partial charge in [-0.2, -0.15) is 13.2 Å². The Kier molecular flexibility index (Phi) is 5.24. The second kappa shape index (κ2) is 7.28. The van der Waals surface area contributed by atoms with Crippen molar-refractivity contribution in [2.45, 2.75) is 13.1 Å². The number of alkyl halides is 3.